The van der Waals surface area contributed by atoms with Crippen LogP contribution in [-0.4, -0.2) is 49.4 Å². The Morgan fingerprint density at radius 3 is 2.33 bits per heavy atom. The molecule has 2 N–H and O–H groups in total. The Morgan fingerprint density at radius 1 is 1.11 bits per heavy atom. The van der Waals surface area contributed by atoms with Crippen LogP contribution in [0.4, 0.5) is 0 Å². The number of fused-ring (bicyclic) bond motifs is 3. The fourth-order valence-corrected chi connectivity index (χ4v) is 3.06. The van der Waals surface area contributed by atoms with Crippen LogP contribution in [0.1, 0.15) is 6.42 Å². The van der Waals surface area contributed by atoms with E-state index in [0.717, 1.165) is 18.7 Å². The number of carboxylic acid groups (broad SMARTS) is 2. The molecule has 0 atom stereocenters. The molecule has 7 nitrogen and oxygen atoms in total. The third-order valence-corrected chi connectivity index (χ3v) is 4.21. The van der Waals surface area contributed by atoms with Gasteiger partial charge < -0.3 is 29.2 Å². The van der Waals surface area contributed by atoms with Gasteiger partial charge in [-0.3, -0.25) is 0 Å². The van der Waals surface area contributed by atoms with Crippen molar-refractivity contribution in [1.29, 1.82) is 0 Å². The summed E-state index contributed by atoms with van der Waals surface area (Å²) in [5, 5.41) is 18.9. The number of carbonyl (C=O) groups is 2. The minimum absolute atomic E-state index is 0.959. The van der Waals surface area contributed by atoms with Gasteiger partial charge in [0.05, 0.1) is 33.3 Å². The Morgan fingerprint density at radius 2 is 1.74 bits per heavy atom. The van der Waals surface area contributed by atoms with Crippen LogP contribution in [0.15, 0.2) is 42.5 Å². The van der Waals surface area contributed by atoms with Crippen molar-refractivity contribution >= 4 is 33.7 Å². The maximum absolute atomic E-state index is 9.04. The predicted molar refractivity (Wildman–Crippen MR) is 101 cm³/mol. The van der Waals surface area contributed by atoms with E-state index in [-0.39, 0.29) is 0 Å². The molecule has 144 valence electrons. The van der Waals surface area contributed by atoms with Crippen LogP contribution < -0.4 is 14.7 Å². The molecule has 7 heteroatoms. The molecular formula is C20H24N2O5. The van der Waals surface area contributed by atoms with Gasteiger partial charge in [-0.25, -0.2) is 4.79 Å². The lowest BCUT2D eigenvalue weighted by molar-refractivity contribution is -0.858. The summed E-state index contributed by atoms with van der Waals surface area (Å²) in [7, 11) is 6.15. The number of aromatic nitrogens is 1. The largest absolute Gasteiger partial charge is 0.539 e. The van der Waals surface area contributed by atoms with Crippen molar-refractivity contribution in [2.24, 2.45) is 0 Å². The molecule has 0 saturated heterocycles. The summed E-state index contributed by atoms with van der Waals surface area (Å²) in [6, 6.07) is 14.9. The summed E-state index contributed by atoms with van der Waals surface area (Å²) in [5.41, 5.74) is 2.51. The number of carbonyl (C=O) groups excluding carboxylic acids is 1. The lowest BCUT2D eigenvalue weighted by atomic mass is 10.1. The zero-order chi connectivity index (χ0) is 20.0. The van der Waals surface area contributed by atoms with E-state index in [1.165, 1.54) is 33.3 Å². The molecule has 0 unspecified atom stereocenters. The van der Waals surface area contributed by atoms with Gasteiger partial charge in [0.1, 0.15) is 5.75 Å². The second-order valence-corrected chi connectivity index (χ2v) is 6.43. The number of quaternary nitrogens is 1. The minimum Gasteiger partial charge on any atom is -0.539 e. The number of para-hydroxylation sites is 2. The number of rotatable bonds is 5. The monoisotopic (exact) mass is 372 g/mol. The van der Waals surface area contributed by atoms with Crippen molar-refractivity contribution < 1.29 is 29.4 Å². The number of methoxy groups -OCH3 is 1. The number of carboxylic acids is 2. The molecule has 3 rings (SSSR count). The van der Waals surface area contributed by atoms with Gasteiger partial charge >= 0.3 is 5.97 Å². The molecule has 0 aliphatic carbocycles. The first-order chi connectivity index (χ1) is 12.9. The highest BCUT2D eigenvalue weighted by Gasteiger charge is 2.13. The number of benzene rings is 2. The quantitative estimate of drug-likeness (QED) is 0.622. The number of nitrogens with zero attached hydrogens (tertiary/aromatic N) is 1. The fourth-order valence-electron chi connectivity index (χ4n) is 3.06. The van der Waals surface area contributed by atoms with Gasteiger partial charge in [0, 0.05) is 29.3 Å². The third-order valence-electron chi connectivity index (χ3n) is 4.21. The number of ether oxygens (including phenoxy) is 1. The number of nitrogens with one attached hydrogen (secondary N) is 1. The molecule has 0 spiro atoms. The van der Waals surface area contributed by atoms with Crippen LogP contribution in [0.2, 0.25) is 0 Å². The number of aliphatic carboxylic acids is 2. The number of aryl methyl sites for hydroxylation is 1. The van der Waals surface area contributed by atoms with E-state index in [0.29, 0.717) is 0 Å². The van der Waals surface area contributed by atoms with Crippen molar-refractivity contribution in [3.8, 4) is 5.75 Å². The summed E-state index contributed by atoms with van der Waals surface area (Å²) in [6.07, 6.45) is 1.16. The van der Waals surface area contributed by atoms with Gasteiger partial charge in [0.25, 0.3) is 0 Å². The van der Waals surface area contributed by atoms with Crippen LogP contribution in [0, 0.1) is 0 Å². The second-order valence-electron chi connectivity index (χ2n) is 6.43. The molecule has 0 amide bonds. The molecule has 2 aromatic carbocycles. The lowest BCUT2D eigenvalue weighted by Gasteiger charge is -2.11. The highest BCUT2D eigenvalue weighted by molar-refractivity contribution is 6.26. The maximum Gasteiger partial charge on any atom is 0.351 e. The molecule has 0 aliphatic rings. The molecule has 1 heterocycles. The van der Waals surface area contributed by atoms with Crippen molar-refractivity contribution in [2.75, 3.05) is 27.7 Å². The van der Waals surface area contributed by atoms with E-state index in [2.05, 4.69) is 61.1 Å². The van der Waals surface area contributed by atoms with E-state index in [1.807, 2.05) is 0 Å². The van der Waals surface area contributed by atoms with Gasteiger partial charge in [-0.15, -0.1) is 0 Å². The third kappa shape index (κ3) is 4.77. The number of hydrogen-bond donors (Lipinski definition) is 2. The Labute approximate surface area is 157 Å². The van der Waals surface area contributed by atoms with E-state index >= 15 is 0 Å². The van der Waals surface area contributed by atoms with Crippen molar-refractivity contribution in [1.82, 2.24) is 4.57 Å². The zero-order valence-electron chi connectivity index (χ0n) is 15.7. The van der Waals surface area contributed by atoms with Gasteiger partial charge in [-0.2, -0.15) is 0 Å². The average molecular weight is 372 g/mol. The number of hydrogen-bond acceptors (Lipinski definition) is 4. The van der Waals surface area contributed by atoms with E-state index in [1.54, 1.807) is 7.11 Å². The standard InChI is InChI=1S/C18H22N2O.C2H2O4/c1-19(2)12-7-13-20-16-10-5-4-8-14(16)15-9-6-11-17(21-3)18(15)20;3-1(4)2(5)6/h4-6,8-11H,7,12-13H2,1-3H3;(H,3,4)(H,5,6). The summed E-state index contributed by atoms with van der Waals surface area (Å²) in [4.78, 5) is 19.5. The molecular weight excluding hydrogens is 348 g/mol. The lowest BCUT2D eigenvalue weighted by Crippen LogP contribution is -3.05. The first-order valence-corrected chi connectivity index (χ1v) is 8.64. The van der Waals surface area contributed by atoms with E-state index < -0.39 is 11.9 Å². The van der Waals surface area contributed by atoms with Crippen LogP contribution in [0.3, 0.4) is 0 Å². The SMILES string of the molecule is COc1cccc2c3ccccc3n(CCC[NH+](C)C)c12.O=C([O-])C(=O)O. The first kappa shape index (κ1) is 20.3. The summed E-state index contributed by atoms with van der Waals surface area (Å²) < 4.78 is 8.01. The van der Waals surface area contributed by atoms with Crippen LogP contribution in [0.5, 0.6) is 5.75 Å². The highest BCUT2D eigenvalue weighted by Crippen LogP contribution is 2.34. The Bertz CT molecular complexity index is 934. The van der Waals surface area contributed by atoms with E-state index in [9.17, 15) is 0 Å². The average Bonchev–Trinajstić information content (AvgIpc) is 2.96. The topological polar surface area (TPSA) is 96.0 Å². The highest BCUT2D eigenvalue weighted by atomic mass is 16.5. The molecule has 1 aromatic heterocycles. The summed E-state index contributed by atoms with van der Waals surface area (Å²) in [5.74, 6) is -3.05. The van der Waals surface area contributed by atoms with Crippen molar-refractivity contribution in [2.45, 2.75) is 13.0 Å². The van der Waals surface area contributed by atoms with Crippen molar-refractivity contribution in [3.63, 3.8) is 0 Å². The molecule has 0 radical (unpaired) electrons. The zero-order valence-corrected chi connectivity index (χ0v) is 15.7. The van der Waals surface area contributed by atoms with E-state index in [4.69, 9.17) is 24.5 Å². The van der Waals surface area contributed by atoms with Gasteiger partial charge in [0.15, 0.2) is 5.97 Å². The van der Waals surface area contributed by atoms with Crippen LogP contribution in [0.25, 0.3) is 21.8 Å². The molecule has 0 saturated carbocycles. The smallest absolute Gasteiger partial charge is 0.351 e. The van der Waals surface area contributed by atoms with Crippen LogP contribution in [-0.2, 0) is 16.1 Å². The Hall–Kier alpha value is -3.06. The summed E-state index contributed by atoms with van der Waals surface area (Å²) >= 11 is 0. The predicted octanol–water partition coefficient (Wildman–Crippen LogP) is 0.159. The Kier molecular flexibility index (Phi) is 6.79. The Balaban J connectivity index is 0.000000380. The maximum atomic E-state index is 9.04. The fraction of sp³-hybridized carbons (Fsp3) is 0.300. The molecule has 27 heavy (non-hydrogen) atoms. The van der Waals surface area contributed by atoms with Gasteiger partial charge in [0.2, 0.25) is 0 Å². The summed E-state index contributed by atoms with van der Waals surface area (Å²) in [6.45, 7) is 2.19. The van der Waals surface area contributed by atoms with Crippen LogP contribution >= 0.6 is 0 Å². The molecule has 0 fully saturated rings. The first-order valence-electron chi connectivity index (χ1n) is 8.64. The van der Waals surface area contributed by atoms with Gasteiger partial charge in [-0.05, 0) is 12.1 Å². The second kappa shape index (κ2) is 9.05. The molecule has 0 bridgehead atoms. The minimum atomic E-state index is -2.07. The molecule has 3 aromatic rings. The van der Waals surface area contributed by atoms with Gasteiger partial charge in [-0.1, -0.05) is 30.3 Å². The van der Waals surface area contributed by atoms with Crippen molar-refractivity contribution in [3.05, 3.63) is 42.5 Å². The molecule has 0 aliphatic heterocycles. The normalized spacial score (nSPS) is 10.7.